The van der Waals surface area contributed by atoms with E-state index in [1.165, 1.54) is 32.2 Å². The van der Waals surface area contributed by atoms with Crippen molar-refractivity contribution < 1.29 is 27.8 Å². The van der Waals surface area contributed by atoms with Crippen molar-refractivity contribution in [2.45, 2.75) is 26.0 Å². The third-order valence-corrected chi connectivity index (χ3v) is 2.42. The molecule has 0 spiro atoms. The zero-order valence-electron chi connectivity index (χ0n) is 11.1. The van der Waals surface area contributed by atoms with E-state index in [-0.39, 0.29) is 12.2 Å². The highest BCUT2D eigenvalue weighted by atomic mass is 19.3. The van der Waals surface area contributed by atoms with Crippen molar-refractivity contribution in [1.82, 2.24) is 5.32 Å². The highest BCUT2D eigenvalue weighted by molar-refractivity contribution is 5.85. The van der Waals surface area contributed by atoms with E-state index in [0.29, 0.717) is 5.56 Å². The Morgan fingerprint density at radius 3 is 2.65 bits per heavy atom. The molecular weight excluding hydrogens is 272 g/mol. The number of alkyl halides is 2. The molecule has 0 aliphatic rings. The summed E-state index contributed by atoms with van der Waals surface area (Å²) >= 11 is 0. The molecule has 7 heteroatoms. The summed E-state index contributed by atoms with van der Waals surface area (Å²) < 4.78 is 32.8. The van der Waals surface area contributed by atoms with E-state index in [2.05, 4.69) is 14.8 Å². The molecule has 1 N–H and O–H groups in total. The van der Waals surface area contributed by atoms with Gasteiger partial charge >= 0.3 is 12.6 Å². The van der Waals surface area contributed by atoms with Gasteiger partial charge in [-0.05, 0) is 24.6 Å². The number of benzene rings is 1. The molecule has 0 heterocycles. The maximum Gasteiger partial charge on any atom is 0.387 e. The molecule has 1 aromatic carbocycles. The predicted octanol–water partition coefficient (Wildman–Crippen LogP) is 1.51. The molecule has 20 heavy (non-hydrogen) atoms. The number of esters is 1. The summed E-state index contributed by atoms with van der Waals surface area (Å²) in [5.41, 5.74) is 0.498. The Morgan fingerprint density at radius 2 is 2.05 bits per heavy atom. The standard InChI is InChI=1S/C13H15F2NO4/c1-8(12(18)19-2)16-11(17)7-9-4-3-5-10(6-9)20-13(14)15/h3-6,8,13H,7H2,1-2H3,(H,16,17)/t8-/m1/s1. The van der Waals surface area contributed by atoms with Crippen molar-refractivity contribution in [3.8, 4) is 5.75 Å². The average molecular weight is 287 g/mol. The van der Waals surface area contributed by atoms with Gasteiger partial charge < -0.3 is 14.8 Å². The number of rotatable bonds is 6. The molecule has 1 rings (SSSR count). The zero-order chi connectivity index (χ0) is 15.1. The maximum atomic E-state index is 12.1. The molecule has 110 valence electrons. The summed E-state index contributed by atoms with van der Waals surface area (Å²) in [5, 5.41) is 2.44. The zero-order valence-corrected chi connectivity index (χ0v) is 11.1. The average Bonchev–Trinajstić information content (AvgIpc) is 2.37. The van der Waals surface area contributed by atoms with Crippen LogP contribution in [0.15, 0.2) is 24.3 Å². The van der Waals surface area contributed by atoms with Crippen molar-refractivity contribution in [2.75, 3.05) is 7.11 Å². The van der Waals surface area contributed by atoms with Crippen LogP contribution in [0.2, 0.25) is 0 Å². The maximum absolute atomic E-state index is 12.1. The Hall–Kier alpha value is -2.18. The van der Waals surface area contributed by atoms with E-state index < -0.39 is 24.5 Å². The van der Waals surface area contributed by atoms with E-state index in [9.17, 15) is 18.4 Å². The van der Waals surface area contributed by atoms with Gasteiger partial charge in [-0.1, -0.05) is 12.1 Å². The Labute approximate surface area is 114 Å². The summed E-state index contributed by atoms with van der Waals surface area (Å²) in [7, 11) is 1.22. The van der Waals surface area contributed by atoms with Gasteiger partial charge in [0, 0.05) is 0 Å². The highest BCUT2D eigenvalue weighted by Crippen LogP contribution is 2.16. The lowest BCUT2D eigenvalue weighted by Gasteiger charge is -2.12. The Kier molecular flexibility index (Phi) is 5.89. The van der Waals surface area contributed by atoms with Crippen LogP contribution in [0.4, 0.5) is 8.78 Å². The molecule has 1 aromatic rings. The first-order valence-corrected chi connectivity index (χ1v) is 5.83. The number of ether oxygens (including phenoxy) is 2. The largest absolute Gasteiger partial charge is 0.467 e. The first kappa shape index (κ1) is 15.9. The van der Waals surface area contributed by atoms with Crippen molar-refractivity contribution in [3.05, 3.63) is 29.8 Å². The molecule has 0 saturated carbocycles. The number of carbonyl (C=O) groups is 2. The Balaban J connectivity index is 2.59. The van der Waals surface area contributed by atoms with Crippen LogP contribution in [0.3, 0.4) is 0 Å². The number of amides is 1. The fraction of sp³-hybridized carbons (Fsp3) is 0.385. The lowest BCUT2D eigenvalue weighted by Crippen LogP contribution is -2.39. The van der Waals surface area contributed by atoms with Crippen LogP contribution >= 0.6 is 0 Å². The number of nitrogens with one attached hydrogen (secondary N) is 1. The molecule has 0 bridgehead atoms. The van der Waals surface area contributed by atoms with Gasteiger partial charge in [-0.2, -0.15) is 8.78 Å². The highest BCUT2D eigenvalue weighted by Gasteiger charge is 2.16. The van der Waals surface area contributed by atoms with Gasteiger partial charge in [0.1, 0.15) is 11.8 Å². The van der Waals surface area contributed by atoms with Crippen molar-refractivity contribution in [2.24, 2.45) is 0 Å². The van der Waals surface area contributed by atoms with Gasteiger partial charge in [-0.25, -0.2) is 4.79 Å². The lowest BCUT2D eigenvalue weighted by molar-refractivity contribution is -0.144. The monoisotopic (exact) mass is 287 g/mol. The third-order valence-electron chi connectivity index (χ3n) is 2.42. The molecular formula is C13H15F2NO4. The minimum Gasteiger partial charge on any atom is -0.467 e. The molecule has 0 saturated heterocycles. The molecule has 1 amide bonds. The molecule has 0 unspecified atom stereocenters. The minimum absolute atomic E-state index is 0.0219. The van der Waals surface area contributed by atoms with Crippen LogP contribution in [0.25, 0.3) is 0 Å². The van der Waals surface area contributed by atoms with Gasteiger partial charge in [-0.15, -0.1) is 0 Å². The van der Waals surface area contributed by atoms with Crippen LogP contribution in [0.5, 0.6) is 5.75 Å². The van der Waals surface area contributed by atoms with E-state index >= 15 is 0 Å². The van der Waals surface area contributed by atoms with Gasteiger partial charge in [0.25, 0.3) is 0 Å². The molecule has 0 radical (unpaired) electrons. The second kappa shape index (κ2) is 7.42. The predicted molar refractivity (Wildman–Crippen MR) is 66.4 cm³/mol. The molecule has 0 aromatic heterocycles. The summed E-state index contributed by atoms with van der Waals surface area (Å²) in [6.07, 6.45) is -0.0538. The second-order valence-electron chi connectivity index (χ2n) is 4.02. The van der Waals surface area contributed by atoms with Crippen LogP contribution in [-0.2, 0) is 20.7 Å². The number of carbonyl (C=O) groups excluding carboxylic acids is 2. The minimum atomic E-state index is -2.92. The molecule has 0 fully saturated rings. The normalized spacial score (nSPS) is 11.8. The Morgan fingerprint density at radius 1 is 1.35 bits per heavy atom. The van der Waals surface area contributed by atoms with Crippen LogP contribution < -0.4 is 10.1 Å². The topological polar surface area (TPSA) is 64.6 Å². The Bertz CT molecular complexity index is 479. The van der Waals surface area contributed by atoms with E-state index in [4.69, 9.17) is 0 Å². The summed E-state index contributed by atoms with van der Waals surface area (Å²) in [5.74, 6) is -1.00. The van der Waals surface area contributed by atoms with Crippen molar-refractivity contribution >= 4 is 11.9 Å². The van der Waals surface area contributed by atoms with Crippen LogP contribution in [0, 0.1) is 0 Å². The third kappa shape index (κ3) is 5.21. The quantitative estimate of drug-likeness (QED) is 0.805. The first-order valence-electron chi connectivity index (χ1n) is 5.83. The molecule has 5 nitrogen and oxygen atoms in total. The number of methoxy groups -OCH3 is 1. The van der Waals surface area contributed by atoms with E-state index in [0.717, 1.165) is 0 Å². The number of halogens is 2. The number of hydrogen-bond donors (Lipinski definition) is 1. The number of hydrogen-bond acceptors (Lipinski definition) is 4. The van der Waals surface area contributed by atoms with Gasteiger partial charge in [0.2, 0.25) is 5.91 Å². The van der Waals surface area contributed by atoms with Gasteiger partial charge in [0.15, 0.2) is 0 Å². The molecule has 0 aliphatic heterocycles. The van der Waals surface area contributed by atoms with Crippen LogP contribution in [0.1, 0.15) is 12.5 Å². The van der Waals surface area contributed by atoms with E-state index in [1.807, 2.05) is 0 Å². The summed E-state index contributed by atoms with van der Waals surface area (Å²) in [4.78, 5) is 22.8. The van der Waals surface area contributed by atoms with Gasteiger partial charge in [0.05, 0.1) is 13.5 Å². The fourth-order valence-electron chi connectivity index (χ4n) is 1.55. The smallest absolute Gasteiger partial charge is 0.387 e. The molecule has 1 atom stereocenters. The van der Waals surface area contributed by atoms with Gasteiger partial charge in [-0.3, -0.25) is 4.79 Å². The summed E-state index contributed by atoms with van der Waals surface area (Å²) in [6, 6.07) is 5.04. The first-order chi connectivity index (χ1) is 9.42. The van der Waals surface area contributed by atoms with E-state index in [1.54, 1.807) is 6.07 Å². The SMILES string of the molecule is COC(=O)[C@@H](C)NC(=O)Cc1cccc(OC(F)F)c1. The molecule has 0 aliphatic carbocycles. The second-order valence-corrected chi connectivity index (χ2v) is 4.02. The summed E-state index contributed by atoms with van der Waals surface area (Å²) in [6.45, 7) is -1.43. The van der Waals surface area contributed by atoms with Crippen molar-refractivity contribution in [1.29, 1.82) is 0 Å². The fourth-order valence-corrected chi connectivity index (χ4v) is 1.55. The van der Waals surface area contributed by atoms with Crippen LogP contribution in [-0.4, -0.2) is 31.6 Å². The lowest BCUT2D eigenvalue weighted by atomic mass is 10.1. The van der Waals surface area contributed by atoms with Crippen molar-refractivity contribution in [3.63, 3.8) is 0 Å².